The Labute approximate surface area is 117 Å². The number of carbonyl (C=O) groups excluding carboxylic acids is 1. The lowest BCUT2D eigenvalue weighted by molar-refractivity contribution is -0.122. The number of hydrogen-bond donors (Lipinski definition) is 2. The lowest BCUT2D eigenvalue weighted by Crippen LogP contribution is -2.45. The first-order chi connectivity index (χ1) is 9.02. The van der Waals surface area contributed by atoms with Crippen molar-refractivity contribution in [2.75, 3.05) is 39.8 Å². The second-order valence-electron chi connectivity index (χ2n) is 5.70. The van der Waals surface area contributed by atoms with E-state index in [1.807, 2.05) is 0 Å². The van der Waals surface area contributed by atoms with Crippen LogP contribution in [0.3, 0.4) is 0 Å². The van der Waals surface area contributed by atoms with Crippen LogP contribution in [0.15, 0.2) is 0 Å². The van der Waals surface area contributed by atoms with E-state index >= 15 is 0 Å². The van der Waals surface area contributed by atoms with E-state index in [9.17, 15) is 4.79 Å². The van der Waals surface area contributed by atoms with Crippen molar-refractivity contribution < 1.29 is 4.79 Å². The Bertz CT molecular complexity index is 264. The molecule has 1 aliphatic heterocycles. The van der Waals surface area contributed by atoms with Gasteiger partial charge in [0.05, 0.1) is 6.54 Å². The van der Waals surface area contributed by atoms with Gasteiger partial charge in [0.25, 0.3) is 0 Å². The Balaban J connectivity index is 2.11. The molecule has 1 aliphatic rings. The molecule has 0 spiro atoms. The van der Waals surface area contributed by atoms with E-state index in [0.717, 1.165) is 45.4 Å². The van der Waals surface area contributed by atoms with Crippen LogP contribution in [0.4, 0.5) is 0 Å². The van der Waals surface area contributed by atoms with Crippen LogP contribution >= 0.6 is 0 Å². The van der Waals surface area contributed by atoms with Crippen LogP contribution in [0.5, 0.6) is 0 Å². The van der Waals surface area contributed by atoms with Gasteiger partial charge in [0.15, 0.2) is 0 Å². The minimum absolute atomic E-state index is 0.132. The van der Waals surface area contributed by atoms with Crippen LogP contribution in [0.2, 0.25) is 0 Å². The molecule has 1 saturated heterocycles. The molecule has 0 aromatic carbocycles. The molecule has 5 nitrogen and oxygen atoms in total. The molecule has 0 saturated carbocycles. The number of piperidine rings is 1. The fourth-order valence-corrected chi connectivity index (χ4v) is 2.27. The fraction of sp³-hybridized carbons (Fsp3) is 0.929. The molecule has 19 heavy (non-hydrogen) atoms. The summed E-state index contributed by atoms with van der Waals surface area (Å²) < 4.78 is 0. The molecule has 5 heteroatoms. The maximum atomic E-state index is 11.8. The van der Waals surface area contributed by atoms with Gasteiger partial charge < -0.3 is 16.0 Å². The zero-order valence-corrected chi connectivity index (χ0v) is 12.7. The van der Waals surface area contributed by atoms with Gasteiger partial charge in [0.2, 0.25) is 5.91 Å². The van der Waals surface area contributed by atoms with Crippen molar-refractivity contribution in [2.24, 2.45) is 5.73 Å². The van der Waals surface area contributed by atoms with E-state index < -0.39 is 0 Å². The SMILES string of the molecule is CCC(C)N(C)CCNC(=O)CN1CCC(N)CC1. The average Bonchev–Trinajstić information content (AvgIpc) is 2.40. The standard InChI is InChI=1S/C14H30N4O/c1-4-12(2)17(3)10-7-16-14(19)11-18-8-5-13(15)6-9-18/h12-13H,4-11,15H2,1-3H3,(H,16,19). The lowest BCUT2D eigenvalue weighted by Gasteiger charge is -2.29. The number of hydrogen-bond acceptors (Lipinski definition) is 4. The summed E-state index contributed by atoms with van der Waals surface area (Å²) in [5, 5.41) is 3.00. The number of rotatable bonds is 7. The number of nitrogens with one attached hydrogen (secondary N) is 1. The molecule has 112 valence electrons. The predicted octanol–water partition coefficient (Wildman–Crippen LogP) is 0.256. The molecule has 1 fully saturated rings. The van der Waals surface area contributed by atoms with E-state index in [-0.39, 0.29) is 5.91 Å². The summed E-state index contributed by atoms with van der Waals surface area (Å²) in [5.74, 6) is 0.132. The first-order valence-corrected chi connectivity index (χ1v) is 7.47. The predicted molar refractivity (Wildman–Crippen MR) is 79.0 cm³/mol. The van der Waals surface area contributed by atoms with Crippen molar-refractivity contribution >= 4 is 5.91 Å². The largest absolute Gasteiger partial charge is 0.354 e. The van der Waals surface area contributed by atoms with E-state index in [0.29, 0.717) is 18.6 Å². The van der Waals surface area contributed by atoms with Crippen molar-refractivity contribution in [1.82, 2.24) is 15.1 Å². The Morgan fingerprint density at radius 1 is 1.47 bits per heavy atom. The van der Waals surface area contributed by atoms with Crippen molar-refractivity contribution in [1.29, 1.82) is 0 Å². The highest BCUT2D eigenvalue weighted by Gasteiger charge is 2.18. The minimum atomic E-state index is 0.132. The molecule has 0 aromatic rings. The summed E-state index contributed by atoms with van der Waals surface area (Å²) in [6, 6.07) is 0.893. The van der Waals surface area contributed by atoms with E-state index in [1.165, 1.54) is 0 Å². The Kier molecular flexibility index (Phi) is 7.34. The topological polar surface area (TPSA) is 61.6 Å². The zero-order chi connectivity index (χ0) is 14.3. The van der Waals surface area contributed by atoms with Crippen molar-refractivity contribution in [3.05, 3.63) is 0 Å². The molecule has 1 atom stereocenters. The van der Waals surface area contributed by atoms with Crippen LogP contribution in [0, 0.1) is 0 Å². The van der Waals surface area contributed by atoms with Crippen LogP contribution in [0.1, 0.15) is 33.1 Å². The third kappa shape index (κ3) is 6.36. The molecule has 1 amide bonds. The molecule has 0 bridgehead atoms. The van der Waals surface area contributed by atoms with Gasteiger partial charge in [-0.05, 0) is 33.2 Å². The first-order valence-electron chi connectivity index (χ1n) is 7.47. The number of amides is 1. The van der Waals surface area contributed by atoms with Crippen LogP contribution in [-0.4, -0.2) is 67.6 Å². The van der Waals surface area contributed by atoms with Gasteiger partial charge in [0, 0.05) is 38.3 Å². The fourth-order valence-electron chi connectivity index (χ4n) is 2.27. The molecule has 0 aromatic heterocycles. The Hall–Kier alpha value is -0.650. The van der Waals surface area contributed by atoms with Gasteiger partial charge in [-0.25, -0.2) is 0 Å². The smallest absolute Gasteiger partial charge is 0.234 e. The molecule has 0 aliphatic carbocycles. The second kappa shape index (κ2) is 8.51. The molecular weight excluding hydrogens is 240 g/mol. The maximum Gasteiger partial charge on any atom is 0.234 e. The quantitative estimate of drug-likeness (QED) is 0.696. The number of carbonyl (C=O) groups is 1. The number of likely N-dealkylation sites (tertiary alicyclic amines) is 1. The second-order valence-corrected chi connectivity index (χ2v) is 5.70. The van der Waals surface area contributed by atoms with Crippen molar-refractivity contribution in [3.63, 3.8) is 0 Å². The highest BCUT2D eigenvalue weighted by molar-refractivity contribution is 5.78. The third-order valence-electron chi connectivity index (χ3n) is 4.13. The highest BCUT2D eigenvalue weighted by atomic mass is 16.2. The summed E-state index contributed by atoms with van der Waals surface area (Å²) in [6.07, 6.45) is 3.15. The van der Waals surface area contributed by atoms with E-state index in [1.54, 1.807) is 0 Å². The van der Waals surface area contributed by atoms with Gasteiger partial charge in [-0.1, -0.05) is 6.92 Å². The van der Waals surface area contributed by atoms with Crippen LogP contribution in [-0.2, 0) is 4.79 Å². The number of likely N-dealkylation sites (N-methyl/N-ethyl adjacent to an activating group) is 1. The molecule has 3 N–H and O–H groups in total. The summed E-state index contributed by atoms with van der Waals surface area (Å²) in [4.78, 5) is 16.3. The highest BCUT2D eigenvalue weighted by Crippen LogP contribution is 2.07. The van der Waals surface area contributed by atoms with Crippen LogP contribution < -0.4 is 11.1 Å². The number of nitrogens with two attached hydrogens (primary N) is 1. The van der Waals surface area contributed by atoms with Gasteiger partial charge in [-0.2, -0.15) is 0 Å². The lowest BCUT2D eigenvalue weighted by atomic mass is 10.1. The normalized spacial score (nSPS) is 19.6. The van der Waals surface area contributed by atoms with Crippen molar-refractivity contribution in [3.8, 4) is 0 Å². The summed E-state index contributed by atoms with van der Waals surface area (Å²) in [7, 11) is 2.10. The van der Waals surface area contributed by atoms with E-state index in [4.69, 9.17) is 5.73 Å². The average molecular weight is 270 g/mol. The minimum Gasteiger partial charge on any atom is -0.354 e. The van der Waals surface area contributed by atoms with Gasteiger partial charge in [-0.3, -0.25) is 9.69 Å². The monoisotopic (exact) mass is 270 g/mol. The van der Waals surface area contributed by atoms with Gasteiger partial charge in [0.1, 0.15) is 0 Å². The van der Waals surface area contributed by atoms with Crippen LogP contribution in [0.25, 0.3) is 0 Å². The third-order valence-corrected chi connectivity index (χ3v) is 4.13. The molecule has 1 rings (SSSR count). The Morgan fingerprint density at radius 3 is 2.68 bits per heavy atom. The molecule has 1 heterocycles. The summed E-state index contributed by atoms with van der Waals surface area (Å²) in [5.41, 5.74) is 5.85. The Morgan fingerprint density at radius 2 is 2.11 bits per heavy atom. The molecule has 1 unspecified atom stereocenters. The number of nitrogens with zero attached hydrogens (tertiary/aromatic N) is 2. The molecular formula is C14H30N4O. The first kappa shape index (κ1) is 16.4. The molecule has 0 radical (unpaired) electrons. The van der Waals surface area contributed by atoms with Gasteiger partial charge in [-0.15, -0.1) is 0 Å². The summed E-state index contributed by atoms with van der Waals surface area (Å²) >= 11 is 0. The summed E-state index contributed by atoms with van der Waals surface area (Å²) in [6.45, 7) is 8.43. The van der Waals surface area contributed by atoms with Crippen molar-refractivity contribution in [2.45, 2.75) is 45.2 Å². The van der Waals surface area contributed by atoms with E-state index in [2.05, 4.69) is 36.0 Å². The maximum absolute atomic E-state index is 11.8. The van der Waals surface area contributed by atoms with Gasteiger partial charge >= 0.3 is 0 Å². The zero-order valence-electron chi connectivity index (χ0n) is 12.7.